The molecule has 6 unspecified atom stereocenters. The molecule has 0 bridgehead atoms. The van der Waals surface area contributed by atoms with Crippen molar-refractivity contribution in [1.29, 1.82) is 0 Å². The van der Waals surface area contributed by atoms with E-state index in [0.717, 1.165) is 22.3 Å². The molecule has 400 valence electrons. The lowest BCUT2D eigenvalue weighted by Gasteiger charge is -2.49. The molecule has 13 heteroatoms. The molecule has 10 atom stereocenters. The Balaban J connectivity index is 1.42. The highest BCUT2D eigenvalue weighted by atomic mass is 28.4. The standard InChI is InChI=1S/C60H84O12Si/c1-40(2)73(41(3)4,42(5)6)68-39-49-52(64-35-45-28-20-15-21-29-45)54(66-37-47-32-24-17-25-33-47)55(72-58(62)60(11,12)13)56(70-49)67-38-48-51(63-34-44-26-18-14-19-27-44)53(65-36-46-30-22-16-23-31-46)50(43(7)69-48)71-57(61)59(8,9)10/h14-33,40-43,48-56H,34-39H2,1-13H3/t43?,48?,49?,50-,51+,52+,53?,54?,55+,56?/m1/s1. The quantitative estimate of drug-likeness (QED) is 0.0518. The Kier molecular flexibility index (Phi) is 21.0. The molecule has 73 heavy (non-hydrogen) atoms. The minimum Gasteiger partial charge on any atom is -0.456 e. The third kappa shape index (κ3) is 15.6. The SMILES string of the molecule is CC1OC(COC2OC(CO[Si](C(C)C)(C(C)C)C(C)C)[C@H](OCc3ccccc3)C(OCc3ccccc3)[C@@H]2OC(=O)C(C)(C)C)[C@H](OCc2ccccc2)C(OCc2ccccc2)[C@@H]1OC(=O)C(C)(C)C. The van der Waals surface area contributed by atoms with Crippen LogP contribution in [0.4, 0.5) is 0 Å². The van der Waals surface area contributed by atoms with E-state index in [0.29, 0.717) is 16.6 Å². The predicted octanol–water partition coefficient (Wildman–Crippen LogP) is 12.0. The fourth-order valence-electron chi connectivity index (χ4n) is 10.0. The highest BCUT2D eigenvalue weighted by Gasteiger charge is 2.55. The molecule has 0 spiro atoms. The smallest absolute Gasteiger partial charge is 0.311 e. The van der Waals surface area contributed by atoms with Gasteiger partial charge in [0.25, 0.3) is 0 Å². The second-order valence-electron chi connectivity index (χ2n) is 22.7. The lowest BCUT2D eigenvalue weighted by molar-refractivity contribution is -0.331. The van der Waals surface area contributed by atoms with Gasteiger partial charge in [-0.25, -0.2) is 0 Å². The summed E-state index contributed by atoms with van der Waals surface area (Å²) in [6.07, 6.45) is -8.62. The topological polar surface area (TPSA) is 126 Å². The van der Waals surface area contributed by atoms with Gasteiger partial charge in [-0.05, 0) is 87.3 Å². The molecule has 4 aromatic rings. The first kappa shape index (κ1) is 58.0. The summed E-state index contributed by atoms with van der Waals surface area (Å²) in [5.74, 6) is -0.856. The Morgan fingerprint density at radius 3 is 1.14 bits per heavy atom. The number of esters is 2. The summed E-state index contributed by atoms with van der Waals surface area (Å²) >= 11 is 0. The van der Waals surface area contributed by atoms with Gasteiger partial charge in [-0.15, -0.1) is 0 Å². The molecule has 0 radical (unpaired) electrons. The molecule has 0 amide bonds. The summed E-state index contributed by atoms with van der Waals surface area (Å²) in [7, 11) is -2.47. The zero-order valence-corrected chi connectivity index (χ0v) is 46.7. The molecule has 4 aromatic carbocycles. The number of ether oxygens (including phenoxy) is 9. The minimum atomic E-state index is -2.47. The second kappa shape index (κ2) is 26.5. The van der Waals surface area contributed by atoms with Crippen molar-refractivity contribution >= 4 is 20.3 Å². The first-order valence-electron chi connectivity index (χ1n) is 26.3. The lowest BCUT2D eigenvalue weighted by atomic mass is 9.93. The highest BCUT2D eigenvalue weighted by molar-refractivity contribution is 6.77. The van der Waals surface area contributed by atoms with Crippen molar-refractivity contribution in [2.24, 2.45) is 10.8 Å². The van der Waals surface area contributed by atoms with Gasteiger partial charge in [0.1, 0.15) is 36.6 Å². The number of hydrogen-bond donors (Lipinski definition) is 0. The zero-order valence-electron chi connectivity index (χ0n) is 45.7. The maximum absolute atomic E-state index is 14.2. The Labute approximate surface area is 437 Å². The maximum Gasteiger partial charge on any atom is 0.311 e. The molecular formula is C60H84O12Si. The summed E-state index contributed by atoms with van der Waals surface area (Å²) < 4.78 is 68.9. The Bertz CT molecular complexity index is 2230. The van der Waals surface area contributed by atoms with Gasteiger partial charge in [0, 0.05) is 0 Å². The molecule has 2 fully saturated rings. The van der Waals surface area contributed by atoms with Gasteiger partial charge >= 0.3 is 11.9 Å². The first-order chi connectivity index (χ1) is 34.7. The van der Waals surface area contributed by atoms with E-state index in [4.69, 9.17) is 47.1 Å². The van der Waals surface area contributed by atoms with Crippen molar-refractivity contribution in [2.45, 2.75) is 194 Å². The zero-order chi connectivity index (χ0) is 52.9. The van der Waals surface area contributed by atoms with E-state index in [2.05, 4.69) is 41.5 Å². The Morgan fingerprint density at radius 1 is 0.452 bits per heavy atom. The molecule has 0 aliphatic carbocycles. The van der Waals surface area contributed by atoms with Crippen molar-refractivity contribution in [3.8, 4) is 0 Å². The van der Waals surface area contributed by atoms with Crippen molar-refractivity contribution in [1.82, 2.24) is 0 Å². The van der Waals surface area contributed by atoms with Gasteiger partial charge in [0.15, 0.2) is 26.8 Å². The molecular weight excluding hydrogens is 941 g/mol. The van der Waals surface area contributed by atoms with Crippen LogP contribution in [0.15, 0.2) is 121 Å². The number of benzene rings is 4. The summed E-state index contributed by atoms with van der Waals surface area (Å²) in [5.41, 5.74) is 2.94. The van der Waals surface area contributed by atoms with E-state index in [1.807, 2.05) is 170 Å². The van der Waals surface area contributed by atoms with Crippen molar-refractivity contribution in [2.75, 3.05) is 13.2 Å². The molecule has 2 heterocycles. The van der Waals surface area contributed by atoms with Crippen LogP contribution in [-0.4, -0.2) is 94.7 Å². The van der Waals surface area contributed by atoms with Crippen molar-refractivity contribution < 1.29 is 56.6 Å². The van der Waals surface area contributed by atoms with Crippen LogP contribution in [0.2, 0.25) is 16.6 Å². The average Bonchev–Trinajstić information content (AvgIpc) is 3.35. The van der Waals surface area contributed by atoms with Crippen LogP contribution < -0.4 is 0 Å². The van der Waals surface area contributed by atoms with Crippen molar-refractivity contribution in [3.05, 3.63) is 144 Å². The summed E-state index contributed by atoms with van der Waals surface area (Å²) in [6, 6.07) is 39.5. The number of rotatable bonds is 23. The van der Waals surface area contributed by atoms with E-state index in [1.165, 1.54) is 0 Å². The summed E-state index contributed by atoms with van der Waals surface area (Å²) in [6.45, 7) is 27.2. The third-order valence-corrected chi connectivity index (χ3v) is 20.0. The van der Waals surface area contributed by atoms with E-state index < -0.39 is 92.3 Å². The third-order valence-electron chi connectivity index (χ3n) is 13.9. The largest absolute Gasteiger partial charge is 0.456 e. The fraction of sp³-hybridized carbons (Fsp3) is 0.567. The van der Waals surface area contributed by atoms with E-state index >= 15 is 0 Å². The number of carbonyl (C=O) groups excluding carboxylic acids is 2. The molecule has 12 nitrogen and oxygen atoms in total. The summed E-state index contributed by atoms with van der Waals surface area (Å²) in [5, 5.41) is 0. The fourth-order valence-corrected chi connectivity index (χ4v) is 15.5. The maximum atomic E-state index is 14.2. The molecule has 2 aliphatic rings. The monoisotopic (exact) mass is 1020 g/mol. The Hall–Kier alpha value is -4.28. The molecule has 2 aliphatic heterocycles. The van der Waals surface area contributed by atoms with Crippen LogP contribution in [0, 0.1) is 10.8 Å². The Morgan fingerprint density at radius 2 is 0.781 bits per heavy atom. The molecule has 6 rings (SSSR count). The van der Waals surface area contributed by atoms with Gasteiger partial charge in [0.05, 0.1) is 56.6 Å². The molecule has 0 saturated carbocycles. The van der Waals surface area contributed by atoms with Gasteiger partial charge in [-0.1, -0.05) is 163 Å². The van der Waals surface area contributed by atoms with Crippen LogP contribution in [0.25, 0.3) is 0 Å². The second-order valence-corrected chi connectivity index (χ2v) is 28.1. The predicted molar refractivity (Wildman–Crippen MR) is 285 cm³/mol. The van der Waals surface area contributed by atoms with Crippen LogP contribution in [0.5, 0.6) is 0 Å². The van der Waals surface area contributed by atoms with Crippen LogP contribution in [0.1, 0.15) is 112 Å². The van der Waals surface area contributed by atoms with Gasteiger partial charge in [-0.3, -0.25) is 9.59 Å². The first-order valence-corrected chi connectivity index (χ1v) is 28.4. The summed E-state index contributed by atoms with van der Waals surface area (Å²) in [4.78, 5) is 27.9. The minimum absolute atomic E-state index is 0.0969. The van der Waals surface area contributed by atoms with Gasteiger partial charge in [0.2, 0.25) is 0 Å². The van der Waals surface area contributed by atoms with E-state index in [9.17, 15) is 9.59 Å². The normalized spacial score (nSPS) is 25.0. The van der Waals surface area contributed by atoms with E-state index in [1.54, 1.807) is 0 Å². The number of hydrogen-bond acceptors (Lipinski definition) is 12. The van der Waals surface area contributed by atoms with Crippen LogP contribution in [-0.2, 0) is 83.1 Å². The highest BCUT2D eigenvalue weighted by Crippen LogP contribution is 2.43. The van der Waals surface area contributed by atoms with Crippen molar-refractivity contribution in [3.63, 3.8) is 0 Å². The van der Waals surface area contributed by atoms with Crippen LogP contribution >= 0.6 is 0 Å². The number of carbonyl (C=O) groups is 2. The average molecular weight is 1030 g/mol. The molecule has 2 saturated heterocycles. The molecule has 0 N–H and O–H groups in total. The lowest BCUT2D eigenvalue weighted by Crippen LogP contribution is -2.64. The van der Waals surface area contributed by atoms with Gasteiger partial charge < -0.3 is 47.1 Å². The van der Waals surface area contributed by atoms with Gasteiger partial charge in [-0.2, -0.15) is 0 Å². The van der Waals surface area contributed by atoms with E-state index in [-0.39, 0.29) is 39.6 Å². The molecule has 0 aromatic heterocycles. The van der Waals surface area contributed by atoms with Crippen LogP contribution in [0.3, 0.4) is 0 Å².